The number of nitrogens with zero attached hydrogens (tertiary/aromatic N) is 2. The fourth-order valence-electron chi connectivity index (χ4n) is 2.01. The molecule has 110 valence electrons. The molecule has 0 spiro atoms. The van der Waals surface area contributed by atoms with Gasteiger partial charge in [-0.3, -0.25) is 4.68 Å². The first-order valence-corrected chi connectivity index (χ1v) is 7.64. The molecule has 0 saturated carbocycles. The van der Waals surface area contributed by atoms with E-state index in [1.54, 1.807) is 6.20 Å². The van der Waals surface area contributed by atoms with Crippen LogP contribution in [0.2, 0.25) is 5.02 Å². The number of nitrogens with one attached hydrogen (secondary N) is 1. The summed E-state index contributed by atoms with van der Waals surface area (Å²) < 4.78 is 7.68. The minimum atomic E-state index is 0.119. The fraction of sp³-hybridized carbons (Fsp3) is 0.786. The van der Waals surface area contributed by atoms with E-state index >= 15 is 0 Å². The molecule has 5 heteroatoms. The van der Waals surface area contributed by atoms with Gasteiger partial charge in [0.2, 0.25) is 0 Å². The van der Waals surface area contributed by atoms with Crippen molar-refractivity contribution < 1.29 is 4.74 Å². The Bertz CT molecular complexity index is 354. The fourth-order valence-corrected chi connectivity index (χ4v) is 2.28. The first kappa shape index (κ1) is 16.5. The summed E-state index contributed by atoms with van der Waals surface area (Å²) in [6.45, 7) is 9.67. The van der Waals surface area contributed by atoms with Gasteiger partial charge >= 0.3 is 0 Å². The minimum absolute atomic E-state index is 0.119. The SMILES string of the molecule is CCCNC(COCCC)c1c(Cl)cnn1CCC. The van der Waals surface area contributed by atoms with E-state index in [2.05, 4.69) is 31.2 Å². The first-order chi connectivity index (χ1) is 9.24. The molecule has 1 aromatic heterocycles. The summed E-state index contributed by atoms with van der Waals surface area (Å²) >= 11 is 6.29. The molecule has 0 saturated heterocycles. The molecule has 0 radical (unpaired) electrons. The third kappa shape index (κ3) is 5.13. The van der Waals surface area contributed by atoms with Crippen molar-refractivity contribution >= 4 is 11.6 Å². The molecular formula is C14H26ClN3O. The van der Waals surface area contributed by atoms with Crippen LogP contribution < -0.4 is 5.32 Å². The van der Waals surface area contributed by atoms with Gasteiger partial charge in [0.1, 0.15) is 0 Å². The van der Waals surface area contributed by atoms with Crippen molar-refractivity contribution in [2.45, 2.75) is 52.6 Å². The predicted octanol–water partition coefficient (Wildman–Crippen LogP) is 3.41. The number of rotatable bonds is 10. The molecule has 1 heterocycles. The molecule has 0 aromatic carbocycles. The standard InChI is InChI=1S/C14H26ClN3O/c1-4-7-16-13(11-19-9-6-3)14-12(15)10-17-18(14)8-5-2/h10,13,16H,4-9,11H2,1-3H3. The van der Waals surface area contributed by atoms with Crippen molar-refractivity contribution in [2.75, 3.05) is 19.8 Å². The van der Waals surface area contributed by atoms with Gasteiger partial charge in [-0.25, -0.2) is 0 Å². The van der Waals surface area contributed by atoms with Gasteiger partial charge in [-0.2, -0.15) is 5.10 Å². The van der Waals surface area contributed by atoms with Crippen LogP contribution >= 0.6 is 11.6 Å². The highest BCUT2D eigenvalue weighted by Gasteiger charge is 2.19. The van der Waals surface area contributed by atoms with Gasteiger partial charge in [-0.05, 0) is 25.8 Å². The number of hydrogen-bond donors (Lipinski definition) is 1. The van der Waals surface area contributed by atoms with Crippen LogP contribution in [0.5, 0.6) is 0 Å². The molecule has 0 aliphatic rings. The molecule has 0 aliphatic carbocycles. The second-order valence-corrected chi connectivity index (χ2v) is 5.09. The molecule has 0 fully saturated rings. The third-order valence-electron chi connectivity index (χ3n) is 2.87. The monoisotopic (exact) mass is 287 g/mol. The lowest BCUT2D eigenvalue weighted by atomic mass is 10.2. The van der Waals surface area contributed by atoms with E-state index in [4.69, 9.17) is 16.3 Å². The number of ether oxygens (including phenoxy) is 1. The molecule has 4 nitrogen and oxygen atoms in total. The average Bonchev–Trinajstić information content (AvgIpc) is 2.76. The maximum atomic E-state index is 6.29. The van der Waals surface area contributed by atoms with E-state index in [9.17, 15) is 0 Å². The highest BCUT2D eigenvalue weighted by atomic mass is 35.5. The lowest BCUT2D eigenvalue weighted by Gasteiger charge is -2.20. The van der Waals surface area contributed by atoms with Gasteiger partial charge in [0, 0.05) is 13.2 Å². The van der Waals surface area contributed by atoms with Gasteiger partial charge in [0.05, 0.1) is 29.6 Å². The van der Waals surface area contributed by atoms with Crippen LogP contribution in [0.1, 0.15) is 51.8 Å². The molecule has 0 bridgehead atoms. The van der Waals surface area contributed by atoms with Gasteiger partial charge in [0.25, 0.3) is 0 Å². The third-order valence-corrected chi connectivity index (χ3v) is 3.16. The average molecular weight is 288 g/mol. The number of aryl methyl sites for hydroxylation is 1. The van der Waals surface area contributed by atoms with Crippen LogP contribution in [0.25, 0.3) is 0 Å². The Hall–Kier alpha value is -0.580. The normalized spacial score (nSPS) is 12.8. The Morgan fingerprint density at radius 3 is 2.74 bits per heavy atom. The molecule has 1 atom stereocenters. The largest absolute Gasteiger partial charge is 0.379 e. The lowest BCUT2D eigenvalue weighted by molar-refractivity contribution is 0.109. The summed E-state index contributed by atoms with van der Waals surface area (Å²) in [7, 11) is 0. The predicted molar refractivity (Wildman–Crippen MR) is 79.7 cm³/mol. The van der Waals surface area contributed by atoms with E-state index in [1.807, 2.05) is 4.68 Å². The molecule has 1 N–H and O–H groups in total. The van der Waals surface area contributed by atoms with Crippen molar-refractivity contribution in [3.8, 4) is 0 Å². The molecule has 0 amide bonds. The van der Waals surface area contributed by atoms with Crippen molar-refractivity contribution in [2.24, 2.45) is 0 Å². The molecule has 0 aliphatic heterocycles. The maximum absolute atomic E-state index is 6.29. The Morgan fingerprint density at radius 2 is 2.11 bits per heavy atom. The van der Waals surface area contributed by atoms with E-state index in [0.29, 0.717) is 6.61 Å². The van der Waals surface area contributed by atoms with E-state index in [1.165, 1.54) is 0 Å². The van der Waals surface area contributed by atoms with E-state index in [0.717, 1.165) is 49.7 Å². The summed E-state index contributed by atoms with van der Waals surface area (Å²) in [4.78, 5) is 0. The van der Waals surface area contributed by atoms with Gasteiger partial charge in [0.15, 0.2) is 0 Å². The van der Waals surface area contributed by atoms with Crippen molar-refractivity contribution in [3.05, 3.63) is 16.9 Å². The quantitative estimate of drug-likeness (QED) is 0.670. The number of hydrogen-bond acceptors (Lipinski definition) is 3. The zero-order valence-corrected chi connectivity index (χ0v) is 13.0. The van der Waals surface area contributed by atoms with Crippen LogP contribution in [0.4, 0.5) is 0 Å². The van der Waals surface area contributed by atoms with Crippen molar-refractivity contribution in [3.63, 3.8) is 0 Å². The minimum Gasteiger partial charge on any atom is -0.379 e. The molecule has 19 heavy (non-hydrogen) atoms. The summed E-state index contributed by atoms with van der Waals surface area (Å²) in [6.07, 6.45) is 4.89. The van der Waals surface area contributed by atoms with E-state index < -0.39 is 0 Å². The van der Waals surface area contributed by atoms with Crippen LogP contribution in [0, 0.1) is 0 Å². The molecule has 1 rings (SSSR count). The van der Waals surface area contributed by atoms with Gasteiger partial charge < -0.3 is 10.1 Å². The summed E-state index contributed by atoms with van der Waals surface area (Å²) in [5, 5.41) is 8.58. The molecular weight excluding hydrogens is 262 g/mol. The first-order valence-electron chi connectivity index (χ1n) is 7.26. The highest BCUT2D eigenvalue weighted by Crippen LogP contribution is 2.23. The second-order valence-electron chi connectivity index (χ2n) is 4.68. The van der Waals surface area contributed by atoms with Crippen molar-refractivity contribution in [1.29, 1.82) is 0 Å². The Balaban J connectivity index is 2.78. The zero-order valence-electron chi connectivity index (χ0n) is 12.3. The van der Waals surface area contributed by atoms with Crippen LogP contribution in [-0.4, -0.2) is 29.5 Å². The summed E-state index contributed by atoms with van der Waals surface area (Å²) in [5.41, 5.74) is 1.05. The number of aromatic nitrogens is 2. The lowest BCUT2D eigenvalue weighted by Crippen LogP contribution is -2.29. The Kier molecular flexibility index (Phi) is 8.10. The number of halogens is 1. The second kappa shape index (κ2) is 9.34. The molecule has 1 unspecified atom stereocenters. The highest BCUT2D eigenvalue weighted by molar-refractivity contribution is 6.31. The topological polar surface area (TPSA) is 39.1 Å². The maximum Gasteiger partial charge on any atom is 0.0835 e. The van der Waals surface area contributed by atoms with Crippen LogP contribution in [0.3, 0.4) is 0 Å². The smallest absolute Gasteiger partial charge is 0.0835 e. The summed E-state index contributed by atoms with van der Waals surface area (Å²) in [5.74, 6) is 0. The molecule has 1 aromatic rings. The zero-order chi connectivity index (χ0) is 14.1. The van der Waals surface area contributed by atoms with Gasteiger partial charge in [-0.1, -0.05) is 32.4 Å². The van der Waals surface area contributed by atoms with Gasteiger partial charge in [-0.15, -0.1) is 0 Å². The van der Waals surface area contributed by atoms with E-state index in [-0.39, 0.29) is 6.04 Å². The van der Waals surface area contributed by atoms with Crippen molar-refractivity contribution in [1.82, 2.24) is 15.1 Å². The Morgan fingerprint density at radius 1 is 1.32 bits per heavy atom. The summed E-state index contributed by atoms with van der Waals surface area (Å²) in [6, 6.07) is 0.119. The van der Waals surface area contributed by atoms with Crippen LogP contribution in [0.15, 0.2) is 6.20 Å². The Labute approximate surface area is 121 Å². The van der Waals surface area contributed by atoms with Crippen LogP contribution in [-0.2, 0) is 11.3 Å².